The van der Waals surface area contributed by atoms with Gasteiger partial charge >= 0.3 is 0 Å². The molecule has 0 unspecified atom stereocenters. The highest BCUT2D eigenvalue weighted by Crippen LogP contribution is 2.30. The minimum atomic E-state index is -0.0669. The monoisotopic (exact) mass is 205 g/mol. The SMILES string of the molecule is C=C(OC)C(C)(C)Cc1cccc(N)c1. The largest absolute Gasteiger partial charge is 0.501 e. The maximum Gasteiger partial charge on any atom is 0.0943 e. The van der Waals surface area contributed by atoms with E-state index < -0.39 is 0 Å². The lowest BCUT2D eigenvalue weighted by molar-refractivity contribution is 0.195. The number of anilines is 1. The van der Waals surface area contributed by atoms with Crippen molar-refractivity contribution in [1.29, 1.82) is 0 Å². The number of methoxy groups -OCH3 is 1. The summed E-state index contributed by atoms with van der Waals surface area (Å²) in [6.45, 7) is 8.14. The summed E-state index contributed by atoms with van der Waals surface area (Å²) in [4.78, 5) is 0. The van der Waals surface area contributed by atoms with Crippen LogP contribution in [0.4, 0.5) is 5.69 Å². The van der Waals surface area contributed by atoms with Crippen molar-refractivity contribution in [1.82, 2.24) is 0 Å². The molecule has 1 aromatic rings. The van der Waals surface area contributed by atoms with Crippen LogP contribution in [-0.4, -0.2) is 7.11 Å². The van der Waals surface area contributed by atoms with Gasteiger partial charge in [-0.15, -0.1) is 0 Å². The maximum atomic E-state index is 5.73. The summed E-state index contributed by atoms with van der Waals surface area (Å²) in [6.07, 6.45) is 0.880. The van der Waals surface area contributed by atoms with E-state index in [4.69, 9.17) is 10.5 Å². The van der Waals surface area contributed by atoms with Gasteiger partial charge in [0.2, 0.25) is 0 Å². The Morgan fingerprint density at radius 2 is 2.13 bits per heavy atom. The molecule has 2 nitrogen and oxygen atoms in total. The van der Waals surface area contributed by atoms with Crippen LogP contribution >= 0.6 is 0 Å². The lowest BCUT2D eigenvalue weighted by atomic mass is 9.84. The van der Waals surface area contributed by atoms with E-state index in [-0.39, 0.29) is 5.41 Å². The highest BCUT2D eigenvalue weighted by molar-refractivity contribution is 5.41. The van der Waals surface area contributed by atoms with Gasteiger partial charge in [-0.25, -0.2) is 0 Å². The van der Waals surface area contributed by atoms with Gasteiger partial charge in [0, 0.05) is 11.1 Å². The summed E-state index contributed by atoms with van der Waals surface area (Å²) in [5.74, 6) is 0.796. The highest BCUT2D eigenvalue weighted by Gasteiger charge is 2.23. The Labute approximate surface area is 91.7 Å². The van der Waals surface area contributed by atoms with Gasteiger partial charge in [-0.2, -0.15) is 0 Å². The van der Waals surface area contributed by atoms with Gasteiger partial charge in [0.25, 0.3) is 0 Å². The van der Waals surface area contributed by atoms with E-state index in [2.05, 4.69) is 26.5 Å². The molecule has 2 heteroatoms. The molecule has 2 N–H and O–H groups in total. The van der Waals surface area contributed by atoms with Crippen molar-refractivity contribution < 1.29 is 4.74 Å². The summed E-state index contributed by atoms with van der Waals surface area (Å²) in [5.41, 5.74) is 7.67. The van der Waals surface area contributed by atoms with Crippen LogP contribution in [0.3, 0.4) is 0 Å². The molecule has 1 rings (SSSR count). The first-order chi connectivity index (χ1) is 6.95. The molecule has 0 aromatic heterocycles. The second-order valence-corrected chi connectivity index (χ2v) is 4.43. The number of nitrogens with two attached hydrogens (primary N) is 1. The summed E-state index contributed by atoms with van der Waals surface area (Å²) in [5, 5.41) is 0. The van der Waals surface area contributed by atoms with E-state index in [0.29, 0.717) is 0 Å². The molecule has 82 valence electrons. The van der Waals surface area contributed by atoms with Crippen LogP contribution in [0.2, 0.25) is 0 Å². The van der Waals surface area contributed by atoms with Crippen LogP contribution in [0.15, 0.2) is 36.6 Å². The first-order valence-electron chi connectivity index (χ1n) is 5.03. The van der Waals surface area contributed by atoms with E-state index in [0.717, 1.165) is 17.9 Å². The third-order valence-electron chi connectivity index (χ3n) is 2.60. The van der Waals surface area contributed by atoms with Crippen molar-refractivity contribution in [3.8, 4) is 0 Å². The Balaban J connectivity index is 2.81. The quantitative estimate of drug-likeness (QED) is 0.605. The Morgan fingerprint density at radius 3 is 2.67 bits per heavy atom. The second kappa shape index (κ2) is 4.39. The van der Waals surface area contributed by atoms with Crippen LogP contribution < -0.4 is 5.73 Å². The minimum Gasteiger partial charge on any atom is -0.501 e. The third kappa shape index (κ3) is 3.01. The molecular weight excluding hydrogens is 186 g/mol. The summed E-state index contributed by atoms with van der Waals surface area (Å²) in [7, 11) is 1.66. The van der Waals surface area contributed by atoms with Crippen molar-refractivity contribution in [2.45, 2.75) is 20.3 Å². The Kier molecular flexibility index (Phi) is 3.40. The molecule has 0 saturated heterocycles. The number of benzene rings is 1. The number of ether oxygens (including phenoxy) is 1. The van der Waals surface area contributed by atoms with E-state index in [1.807, 2.05) is 18.2 Å². The predicted molar refractivity (Wildman–Crippen MR) is 64.5 cm³/mol. The van der Waals surface area contributed by atoms with Crippen LogP contribution in [0.5, 0.6) is 0 Å². The fraction of sp³-hybridized carbons (Fsp3) is 0.385. The van der Waals surface area contributed by atoms with Gasteiger partial charge in [-0.1, -0.05) is 32.6 Å². The van der Waals surface area contributed by atoms with Gasteiger partial charge in [-0.05, 0) is 24.1 Å². The van der Waals surface area contributed by atoms with Crippen LogP contribution in [0.25, 0.3) is 0 Å². The van der Waals surface area contributed by atoms with Gasteiger partial charge in [-0.3, -0.25) is 0 Å². The van der Waals surface area contributed by atoms with Crippen molar-refractivity contribution >= 4 is 5.69 Å². The smallest absolute Gasteiger partial charge is 0.0943 e. The average molecular weight is 205 g/mol. The van der Waals surface area contributed by atoms with Crippen LogP contribution in [-0.2, 0) is 11.2 Å². The molecule has 0 amide bonds. The lowest BCUT2D eigenvalue weighted by Crippen LogP contribution is -2.18. The molecule has 15 heavy (non-hydrogen) atoms. The Morgan fingerprint density at radius 1 is 1.47 bits per heavy atom. The number of nitrogen functional groups attached to an aromatic ring is 1. The van der Waals surface area contributed by atoms with E-state index in [1.165, 1.54) is 5.56 Å². The number of rotatable bonds is 4. The minimum absolute atomic E-state index is 0.0669. The topological polar surface area (TPSA) is 35.2 Å². The molecule has 0 radical (unpaired) electrons. The fourth-order valence-corrected chi connectivity index (χ4v) is 1.59. The van der Waals surface area contributed by atoms with Gasteiger partial charge in [0.1, 0.15) is 0 Å². The molecular formula is C13H19NO. The van der Waals surface area contributed by atoms with Crippen LogP contribution in [0, 0.1) is 5.41 Å². The number of hydrogen-bond acceptors (Lipinski definition) is 2. The zero-order chi connectivity index (χ0) is 11.5. The predicted octanol–water partition coefficient (Wildman–Crippen LogP) is 3.00. The maximum absolute atomic E-state index is 5.73. The fourth-order valence-electron chi connectivity index (χ4n) is 1.59. The molecule has 1 aromatic carbocycles. The first-order valence-corrected chi connectivity index (χ1v) is 5.03. The molecule has 0 aliphatic carbocycles. The van der Waals surface area contributed by atoms with Gasteiger partial charge < -0.3 is 10.5 Å². The molecule has 0 spiro atoms. The molecule has 0 fully saturated rings. The van der Waals surface area contributed by atoms with Crippen molar-refractivity contribution in [2.75, 3.05) is 12.8 Å². The molecule has 0 aliphatic heterocycles. The molecule has 0 atom stereocenters. The molecule has 0 heterocycles. The van der Waals surface area contributed by atoms with E-state index in [9.17, 15) is 0 Å². The average Bonchev–Trinajstić information content (AvgIpc) is 2.15. The highest BCUT2D eigenvalue weighted by atomic mass is 16.5. The van der Waals surface area contributed by atoms with E-state index in [1.54, 1.807) is 7.11 Å². The summed E-state index contributed by atoms with van der Waals surface area (Å²) >= 11 is 0. The number of allylic oxidation sites excluding steroid dienone is 1. The zero-order valence-electron chi connectivity index (χ0n) is 9.71. The third-order valence-corrected chi connectivity index (χ3v) is 2.60. The summed E-state index contributed by atoms with van der Waals surface area (Å²) < 4.78 is 5.19. The Hall–Kier alpha value is -1.44. The van der Waals surface area contributed by atoms with Crippen LogP contribution in [0.1, 0.15) is 19.4 Å². The van der Waals surface area contributed by atoms with E-state index >= 15 is 0 Å². The molecule has 0 saturated carbocycles. The lowest BCUT2D eigenvalue weighted by Gasteiger charge is -2.26. The van der Waals surface area contributed by atoms with Gasteiger partial charge in [0.05, 0.1) is 12.9 Å². The molecule has 0 aliphatic rings. The van der Waals surface area contributed by atoms with Crippen molar-refractivity contribution in [2.24, 2.45) is 5.41 Å². The van der Waals surface area contributed by atoms with Crippen molar-refractivity contribution in [3.05, 3.63) is 42.2 Å². The number of hydrogen-bond donors (Lipinski definition) is 1. The first kappa shape index (κ1) is 11.6. The van der Waals surface area contributed by atoms with Crippen molar-refractivity contribution in [3.63, 3.8) is 0 Å². The Bertz CT molecular complexity index is 355. The summed E-state index contributed by atoms with van der Waals surface area (Å²) in [6, 6.07) is 7.92. The second-order valence-electron chi connectivity index (χ2n) is 4.43. The standard InChI is InChI=1S/C13H19NO/c1-10(15-4)13(2,3)9-11-6-5-7-12(14)8-11/h5-8H,1,9,14H2,2-4H3. The molecule has 0 bridgehead atoms. The van der Waals surface area contributed by atoms with Gasteiger partial charge in [0.15, 0.2) is 0 Å². The normalized spacial score (nSPS) is 11.1. The zero-order valence-corrected chi connectivity index (χ0v) is 9.71.